The van der Waals surface area contributed by atoms with Crippen LogP contribution in [0.25, 0.3) is 0 Å². The number of urea groups is 1. The number of ether oxygens (including phenoxy) is 1. The van der Waals surface area contributed by atoms with E-state index in [1.165, 1.54) is 7.05 Å². The topological polar surface area (TPSA) is 137 Å². The van der Waals surface area contributed by atoms with E-state index in [2.05, 4.69) is 16.0 Å². The van der Waals surface area contributed by atoms with Crippen molar-refractivity contribution in [1.82, 2.24) is 15.5 Å². The first kappa shape index (κ1) is 23.0. The van der Waals surface area contributed by atoms with E-state index in [1.807, 2.05) is 27.7 Å². The number of carbonyl (C=O) groups is 4. The van der Waals surface area contributed by atoms with E-state index < -0.39 is 47.0 Å². The van der Waals surface area contributed by atoms with Crippen LogP contribution in [0, 0.1) is 10.8 Å². The summed E-state index contributed by atoms with van der Waals surface area (Å²) in [6.45, 7) is 6.99. The van der Waals surface area contributed by atoms with Crippen molar-refractivity contribution >= 4 is 29.6 Å². The Kier molecular flexibility index (Phi) is 5.19. The number of amides is 5. The van der Waals surface area contributed by atoms with Gasteiger partial charge in [0.1, 0.15) is 6.54 Å². The molecule has 0 radical (unpaired) electrons. The summed E-state index contributed by atoms with van der Waals surface area (Å²) in [7, 11) is 1.51. The average molecular weight is 459 g/mol. The van der Waals surface area contributed by atoms with Gasteiger partial charge in [-0.1, -0.05) is 33.8 Å². The van der Waals surface area contributed by atoms with Gasteiger partial charge in [0.25, 0.3) is 5.91 Å². The molecule has 0 bridgehead atoms. The van der Waals surface area contributed by atoms with Gasteiger partial charge in [0, 0.05) is 41.6 Å². The third-order valence-electron chi connectivity index (χ3n) is 7.35. The van der Waals surface area contributed by atoms with Crippen LogP contribution in [0.3, 0.4) is 0 Å². The van der Waals surface area contributed by atoms with Crippen molar-refractivity contribution in [3.05, 3.63) is 29.3 Å². The van der Waals surface area contributed by atoms with Gasteiger partial charge >= 0.3 is 12.1 Å². The van der Waals surface area contributed by atoms with Crippen LogP contribution in [-0.4, -0.2) is 59.7 Å². The second-order valence-corrected chi connectivity index (χ2v) is 10.2. The summed E-state index contributed by atoms with van der Waals surface area (Å²) in [6.07, 6.45) is -0.694. The van der Waals surface area contributed by atoms with Crippen LogP contribution in [0.4, 0.5) is 15.3 Å². The van der Waals surface area contributed by atoms with Crippen LogP contribution in [0.15, 0.2) is 18.2 Å². The normalized spacial score (nSPS) is 28.7. The Bertz CT molecular complexity index is 1040. The highest BCUT2D eigenvalue weighted by molar-refractivity contribution is 6.06. The number of aryl methyl sites for hydroxylation is 1. The number of carbonyl (C=O) groups excluding carboxylic acids is 4. The van der Waals surface area contributed by atoms with Crippen molar-refractivity contribution in [2.24, 2.45) is 10.8 Å². The minimum atomic E-state index is -1.45. The van der Waals surface area contributed by atoms with Crippen LogP contribution in [0.1, 0.15) is 45.2 Å². The molecule has 1 saturated heterocycles. The highest BCUT2D eigenvalue weighted by Gasteiger charge is 2.62. The number of hydrogen-bond donors (Lipinski definition) is 4. The molecule has 1 aromatic carbocycles. The average Bonchev–Trinajstić information content (AvgIpc) is 3.23. The monoisotopic (exact) mass is 458 g/mol. The molecule has 178 valence electrons. The van der Waals surface area contributed by atoms with Gasteiger partial charge in [-0.2, -0.15) is 0 Å². The number of fused-ring (bicyclic) bond motifs is 2. The molecule has 0 unspecified atom stereocenters. The maximum Gasteiger partial charge on any atom is 0.418 e. The second kappa shape index (κ2) is 7.44. The molecule has 0 aromatic heterocycles. The van der Waals surface area contributed by atoms with Crippen molar-refractivity contribution in [1.29, 1.82) is 0 Å². The number of aliphatic hydroxyl groups is 1. The van der Waals surface area contributed by atoms with Crippen molar-refractivity contribution < 1.29 is 29.0 Å². The van der Waals surface area contributed by atoms with Gasteiger partial charge < -0.3 is 25.8 Å². The molecule has 10 nitrogen and oxygen atoms in total. The fraction of sp³-hybridized carbons (Fsp3) is 0.565. The SMILES string of the molecule is CNC(=O)Nc1ccc2c(c1)CC[C@@]21OC(=O)N(CC(=O)NC2C(C)(C)C(O)C2(C)C)C1=O. The molecule has 1 atom stereocenters. The zero-order chi connectivity index (χ0) is 24.3. The summed E-state index contributed by atoms with van der Waals surface area (Å²) < 4.78 is 5.57. The van der Waals surface area contributed by atoms with Crippen LogP contribution in [0.5, 0.6) is 0 Å². The lowest BCUT2D eigenvalue weighted by molar-refractivity contribution is -0.185. The third kappa shape index (κ3) is 3.35. The van der Waals surface area contributed by atoms with E-state index in [0.29, 0.717) is 17.7 Å². The fourth-order valence-electron chi connectivity index (χ4n) is 5.78. The van der Waals surface area contributed by atoms with E-state index in [0.717, 1.165) is 10.5 Å². The largest absolute Gasteiger partial charge is 0.427 e. The lowest BCUT2D eigenvalue weighted by Crippen LogP contribution is -2.73. The van der Waals surface area contributed by atoms with Crippen molar-refractivity contribution in [3.63, 3.8) is 0 Å². The minimum Gasteiger partial charge on any atom is -0.427 e. The van der Waals surface area contributed by atoms with Crippen molar-refractivity contribution in [2.75, 3.05) is 18.9 Å². The number of imide groups is 1. The highest BCUT2D eigenvalue weighted by Crippen LogP contribution is 2.53. The van der Waals surface area contributed by atoms with Gasteiger partial charge in [0.2, 0.25) is 11.5 Å². The molecule has 1 aromatic rings. The Labute approximate surface area is 192 Å². The van der Waals surface area contributed by atoms with Crippen LogP contribution in [-0.2, 0) is 26.3 Å². The molecule has 4 rings (SSSR count). The van der Waals surface area contributed by atoms with E-state index in [1.54, 1.807) is 18.2 Å². The molecule has 2 aliphatic carbocycles. The second-order valence-electron chi connectivity index (χ2n) is 10.2. The molecule has 33 heavy (non-hydrogen) atoms. The van der Waals surface area contributed by atoms with E-state index >= 15 is 0 Å². The number of nitrogens with one attached hydrogen (secondary N) is 3. The molecule has 2 fully saturated rings. The summed E-state index contributed by atoms with van der Waals surface area (Å²) in [5.74, 6) is -1.06. The predicted molar refractivity (Wildman–Crippen MR) is 118 cm³/mol. The first-order valence-corrected chi connectivity index (χ1v) is 11.0. The zero-order valence-corrected chi connectivity index (χ0v) is 19.4. The first-order chi connectivity index (χ1) is 15.3. The van der Waals surface area contributed by atoms with Crippen LogP contribution < -0.4 is 16.0 Å². The van der Waals surface area contributed by atoms with Crippen LogP contribution >= 0.6 is 0 Å². The predicted octanol–water partition coefficient (Wildman–Crippen LogP) is 1.47. The smallest absolute Gasteiger partial charge is 0.418 e. The minimum absolute atomic E-state index is 0.267. The summed E-state index contributed by atoms with van der Waals surface area (Å²) in [5, 5.41) is 18.4. The summed E-state index contributed by atoms with van der Waals surface area (Å²) in [5.41, 5.74) is -0.588. The first-order valence-electron chi connectivity index (χ1n) is 11.0. The summed E-state index contributed by atoms with van der Waals surface area (Å²) in [6, 6.07) is 4.39. The van der Waals surface area contributed by atoms with Gasteiger partial charge in [-0.25, -0.2) is 14.5 Å². The number of rotatable bonds is 4. The standard InChI is InChI=1S/C23H30N4O6/c1-21(2)16(22(3,4)17(21)29)26-15(28)11-27-18(30)23(33-20(27)32)9-8-12-10-13(6-7-14(12)23)25-19(31)24-5/h6-7,10,16-17,29H,8-9,11H2,1-5H3,(H,26,28)(H2,24,25,31)/t16?,17?,23-/m1/s1. The number of aliphatic hydroxyl groups excluding tert-OH is 1. The summed E-state index contributed by atoms with van der Waals surface area (Å²) in [4.78, 5) is 51.1. The molecular weight excluding hydrogens is 428 g/mol. The highest BCUT2D eigenvalue weighted by atomic mass is 16.6. The molecule has 3 aliphatic rings. The molecule has 10 heteroatoms. The number of anilines is 1. The molecule has 1 spiro atoms. The Balaban J connectivity index is 1.49. The molecule has 1 heterocycles. The Morgan fingerprint density at radius 3 is 2.48 bits per heavy atom. The Hall–Kier alpha value is -3.14. The van der Waals surface area contributed by atoms with Crippen LogP contribution in [0.2, 0.25) is 0 Å². The molecular formula is C23H30N4O6. The lowest BCUT2D eigenvalue weighted by atomic mass is 9.49. The Morgan fingerprint density at radius 1 is 1.18 bits per heavy atom. The maximum absolute atomic E-state index is 13.3. The molecule has 1 aliphatic heterocycles. The number of benzene rings is 1. The van der Waals surface area contributed by atoms with Gasteiger partial charge in [0.15, 0.2) is 0 Å². The summed E-state index contributed by atoms with van der Waals surface area (Å²) >= 11 is 0. The van der Waals surface area contributed by atoms with Gasteiger partial charge in [0.05, 0.1) is 6.10 Å². The maximum atomic E-state index is 13.3. The van der Waals surface area contributed by atoms with Crippen molar-refractivity contribution in [3.8, 4) is 0 Å². The van der Waals surface area contributed by atoms with E-state index in [4.69, 9.17) is 4.74 Å². The van der Waals surface area contributed by atoms with E-state index in [-0.39, 0.29) is 18.5 Å². The fourth-order valence-corrected chi connectivity index (χ4v) is 5.78. The van der Waals surface area contributed by atoms with Gasteiger partial charge in [-0.3, -0.25) is 9.59 Å². The number of nitrogens with zero attached hydrogens (tertiary/aromatic N) is 1. The zero-order valence-electron chi connectivity index (χ0n) is 19.4. The molecule has 1 saturated carbocycles. The van der Waals surface area contributed by atoms with Gasteiger partial charge in [-0.05, 0) is 24.1 Å². The lowest BCUT2D eigenvalue weighted by Gasteiger charge is -2.61. The van der Waals surface area contributed by atoms with E-state index in [9.17, 15) is 24.3 Å². The molecule has 5 amide bonds. The quantitative estimate of drug-likeness (QED) is 0.539. The Morgan fingerprint density at radius 2 is 1.85 bits per heavy atom. The van der Waals surface area contributed by atoms with Gasteiger partial charge in [-0.15, -0.1) is 0 Å². The number of hydrogen-bond acceptors (Lipinski definition) is 6. The molecule has 4 N–H and O–H groups in total. The van der Waals surface area contributed by atoms with Crippen molar-refractivity contribution in [2.45, 2.75) is 58.3 Å². The third-order valence-corrected chi connectivity index (χ3v) is 7.35.